The molecular formula is C16H23N5O5S2. The van der Waals surface area contributed by atoms with Crippen LogP contribution in [0.5, 0.6) is 0 Å². The lowest BCUT2D eigenvalue weighted by molar-refractivity contribution is -0.380. The summed E-state index contributed by atoms with van der Waals surface area (Å²) in [5.74, 6) is 0.562. The Hall–Kier alpha value is -2.05. The quantitative estimate of drug-likeness (QED) is 0.356. The maximum Gasteiger partial charge on any atom is 0.345 e. The number of nitrogens with one attached hydrogen (secondary N) is 1. The Kier molecular flexibility index (Phi) is 8.80. The Labute approximate surface area is 170 Å². The number of hydrogen-bond acceptors (Lipinski definition) is 9. The summed E-state index contributed by atoms with van der Waals surface area (Å²) in [4.78, 5) is 52.8. The second-order valence-corrected chi connectivity index (χ2v) is 8.54. The van der Waals surface area contributed by atoms with Crippen LogP contribution in [0.15, 0.2) is 6.20 Å². The van der Waals surface area contributed by atoms with Crippen molar-refractivity contribution in [3.05, 3.63) is 16.3 Å². The molecule has 0 aliphatic carbocycles. The summed E-state index contributed by atoms with van der Waals surface area (Å²) in [6.07, 6.45) is 3.19. The number of aromatic nitrogens is 1. The molecule has 1 aliphatic heterocycles. The van der Waals surface area contributed by atoms with Gasteiger partial charge in [0, 0.05) is 45.3 Å². The third kappa shape index (κ3) is 7.52. The van der Waals surface area contributed by atoms with E-state index in [-0.39, 0.29) is 33.6 Å². The molecule has 0 saturated carbocycles. The first-order chi connectivity index (χ1) is 13.3. The molecule has 1 aromatic rings. The molecule has 0 bridgehead atoms. The average molecular weight is 430 g/mol. The molecule has 28 heavy (non-hydrogen) atoms. The highest BCUT2D eigenvalue weighted by Crippen LogP contribution is 2.24. The topological polar surface area (TPSA) is 126 Å². The summed E-state index contributed by atoms with van der Waals surface area (Å²) < 4.78 is 0. The van der Waals surface area contributed by atoms with Gasteiger partial charge in [0.25, 0.3) is 0 Å². The summed E-state index contributed by atoms with van der Waals surface area (Å²) in [6, 6.07) is 0. The maximum absolute atomic E-state index is 12.2. The number of anilines is 1. The van der Waals surface area contributed by atoms with E-state index in [9.17, 15) is 24.5 Å². The van der Waals surface area contributed by atoms with Crippen molar-refractivity contribution in [3.63, 3.8) is 0 Å². The molecule has 2 rings (SSSR count). The highest BCUT2D eigenvalue weighted by molar-refractivity contribution is 8.13. The lowest BCUT2D eigenvalue weighted by atomic mass is 10.2. The van der Waals surface area contributed by atoms with Gasteiger partial charge in [-0.2, -0.15) is 0 Å². The third-order valence-corrected chi connectivity index (χ3v) is 5.87. The molecular weight excluding hydrogens is 406 g/mol. The highest BCUT2D eigenvalue weighted by Gasteiger charge is 2.22. The molecule has 0 unspecified atom stereocenters. The van der Waals surface area contributed by atoms with Gasteiger partial charge in [0.2, 0.25) is 11.8 Å². The molecule has 12 heteroatoms. The summed E-state index contributed by atoms with van der Waals surface area (Å²) in [6.45, 7) is 4.01. The first-order valence-electron chi connectivity index (χ1n) is 8.88. The van der Waals surface area contributed by atoms with Crippen LogP contribution in [0.25, 0.3) is 0 Å². The predicted octanol–water partition coefficient (Wildman–Crippen LogP) is 1.58. The number of carbonyl (C=O) groups excluding carboxylic acids is 3. The average Bonchev–Trinajstić information content (AvgIpc) is 3.10. The van der Waals surface area contributed by atoms with E-state index in [1.807, 2.05) is 4.90 Å². The van der Waals surface area contributed by atoms with E-state index < -0.39 is 4.92 Å². The third-order valence-electron chi connectivity index (χ3n) is 4.10. The maximum atomic E-state index is 12.2. The molecule has 1 N–H and O–H groups in total. The van der Waals surface area contributed by atoms with Gasteiger partial charge in [-0.3, -0.25) is 29.4 Å². The van der Waals surface area contributed by atoms with Gasteiger partial charge in [-0.05, 0) is 24.2 Å². The van der Waals surface area contributed by atoms with E-state index in [1.54, 1.807) is 4.90 Å². The smallest absolute Gasteiger partial charge is 0.340 e. The van der Waals surface area contributed by atoms with Crippen molar-refractivity contribution >= 4 is 50.2 Å². The molecule has 2 amide bonds. The number of nitrogens with zero attached hydrogens (tertiary/aromatic N) is 4. The van der Waals surface area contributed by atoms with Gasteiger partial charge in [0.1, 0.15) is 6.20 Å². The second kappa shape index (κ2) is 11.1. The van der Waals surface area contributed by atoms with Crippen molar-refractivity contribution in [2.24, 2.45) is 0 Å². The minimum Gasteiger partial charge on any atom is -0.340 e. The van der Waals surface area contributed by atoms with Crippen LogP contribution in [0.2, 0.25) is 0 Å². The summed E-state index contributed by atoms with van der Waals surface area (Å²) in [5, 5.41) is 13.4. The van der Waals surface area contributed by atoms with E-state index in [2.05, 4.69) is 10.3 Å². The summed E-state index contributed by atoms with van der Waals surface area (Å²) in [7, 11) is 0. The number of hydrogen-bond donors (Lipinski definition) is 1. The number of unbranched alkanes of at least 4 members (excludes halogenated alkanes) is 1. The van der Waals surface area contributed by atoms with Gasteiger partial charge in [0.05, 0.1) is 11.5 Å². The normalized spacial score (nSPS) is 14.7. The number of rotatable bonds is 9. The van der Waals surface area contributed by atoms with Crippen LogP contribution in [0.4, 0.5) is 10.1 Å². The number of piperazine rings is 1. The zero-order valence-electron chi connectivity index (χ0n) is 15.6. The Bertz CT molecular complexity index is 718. The van der Waals surface area contributed by atoms with Gasteiger partial charge in [-0.1, -0.05) is 11.8 Å². The van der Waals surface area contributed by atoms with Crippen LogP contribution < -0.4 is 5.32 Å². The van der Waals surface area contributed by atoms with Crippen LogP contribution in [0, 0.1) is 10.1 Å². The van der Waals surface area contributed by atoms with Gasteiger partial charge in [-0.15, -0.1) is 0 Å². The van der Waals surface area contributed by atoms with E-state index in [0.717, 1.165) is 36.1 Å². The Morgan fingerprint density at radius 3 is 2.61 bits per heavy atom. The molecule has 0 aromatic carbocycles. The van der Waals surface area contributed by atoms with Crippen LogP contribution in [0.3, 0.4) is 0 Å². The van der Waals surface area contributed by atoms with Gasteiger partial charge in [-0.25, -0.2) is 4.98 Å². The molecule has 2 heterocycles. The Morgan fingerprint density at radius 2 is 2.00 bits per heavy atom. The van der Waals surface area contributed by atoms with Crippen LogP contribution in [0.1, 0.15) is 26.2 Å². The molecule has 0 atom stereocenters. The number of carbonyl (C=O) groups is 3. The standard InChI is InChI=1S/C16H23N5O5S2/c1-12(22)27-9-3-2-4-14(24)20-7-5-19(6-8-20)11-13(23)18-16-17-10-15(28-16)21(25)26/h10H,2-9,11H2,1H3,(H,17,18,23). The monoisotopic (exact) mass is 429 g/mol. The van der Waals surface area contributed by atoms with Crippen molar-refractivity contribution in [2.45, 2.75) is 26.2 Å². The van der Waals surface area contributed by atoms with Gasteiger partial charge < -0.3 is 10.2 Å². The van der Waals surface area contributed by atoms with Gasteiger partial charge in [0.15, 0.2) is 10.2 Å². The lowest BCUT2D eigenvalue weighted by Crippen LogP contribution is -2.50. The minimum absolute atomic E-state index is 0.0968. The van der Waals surface area contributed by atoms with E-state index >= 15 is 0 Å². The predicted molar refractivity (Wildman–Crippen MR) is 107 cm³/mol. The first kappa shape index (κ1) is 22.2. The molecule has 0 radical (unpaired) electrons. The van der Waals surface area contributed by atoms with Crippen molar-refractivity contribution in [1.82, 2.24) is 14.8 Å². The van der Waals surface area contributed by atoms with E-state index in [1.165, 1.54) is 18.7 Å². The van der Waals surface area contributed by atoms with Crippen LogP contribution >= 0.6 is 23.1 Å². The Balaban J connectivity index is 1.64. The number of nitro groups is 1. The molecule has 0 spiro atoms. The van der Waals surface area contributed by atoms with Crippen molar-refractivity contribution in [1.29, 1.82) is 0 Å². The zero-order valence-corrected chi connectivity index (χ0v) is 17.2. The molecule has 154 valence electrons. The summed E-state index contributed by atoms with van der Waals surface area (Å²) in [5.41, 5.74) is 0. The second-order valence-electron chi connectivity index (χ2n) is 6.26. The molecule has 1 aliphatic rings. The number of thioether (sulfide) groups is 1. The fourth-order valence-electron chi connectivity index (χ4n) is 2.68. The zero-order chi connectivity index (χ0) is 20.5. The molecule has 1 saturated heterocycles. The lowest BCUT2D eigenvalue weighted by Gasteiger charge is -2.34. The van der Waals surface area contributed by atoms with Crippen molar-refractivity contribution < 1.29 is 19.3 Å². The van der Waals surface area contributed by atoms with Crippen molar-refractivity contribution in [3.8, 4) is 0 Å². The van der Waals surface area contributed by atoms with Crippen LogP contribution in [-0.4, -0.2) is 75.1 Å². The van der Waals surface area contributed by atoms with Crippen LogP contribution in [-0.2, 0) is 14.4 Å². The van der Waals surface area contributed by atoms with Gasteiger partial charge >= 0.3 is 5.00 Å². The fraction of sp³-hybridized carbons (Fsp3) is 0.625. The largest absolute Gasteiger partial charge is 0.345 e. The SMILES string of the molecule is CC(=O)SCCCCC(=O)N1CCN(CC(=O)Nc2ncc([N+](=O)[O-])s2)CC1. The Morgan fingerprint density at radius 1 is 1.29 bits per heavy atom. The molecule has 1 fully saturated rings. The molecule has 10 nitrogen and oxygen atoms in total. The molecule has 1 aromatic heterocycles. The highest BCUT2D eigenvalue weighted by atomic mass is 32.2. The van der Waals surface area contributed by atoms with E-state index in [0.29, 0.717) is 32.6 Å². The fourth-order valence-corrected chi connectivity index (χ4v) is 3.96. The minimum atomic E-state index is -0.550. The van der Waals surface area contributed by atoms with Crippen molar-refractivity contribution in [2.75, 3.05) is 43.8 Å². The summed E-state index contributed by atoms with van der Waals surface area (Å²) >= 11 is 2.10. The number of thiazole rings is 1. The first-order valence-corrected chi connectivity index (χ1v) is 10.7. The van der Waals surface area contributed by atoms with E-state index in [4.69, 9.17) is 0 Å². The number of amides is 2.